The number of ether oxygens (including phenoxy) is 6. The molecule has 2 saturated heterocycles. The summed E-state index contributed by atoms with van der Waals surface area (Å²) in [5.41, 5.74) is 0. The summed E-state index contributed by atoms with van der Waals surface area (Å²) in [7, 11) is -5.71. The lowest BCUT2D eigenvalue weighted by atomic mass is 9.94. The summed E-state index contributed by atoms with van der Waals surface area (Å²) < 4.78 is 91.3. The number of hydrogen-bond acceptors (Lipinski definition) is 9. The molecule has 0 amide bonds. The quantitative estimate of drug-likeness (QED) is 0.381. The lowest BCUT2D eigenvalue weighted by molar-refractivity contribution is -0.223. The summed E-state index contributed by atoms with van der Waals surface area (Å²) in [5, 5.41) is -4.62. The molecule has 2 aliphatic carbocycles. The van der Waals surface area contributed by atoms with E-state index in [9.17, 15) is 22.0 Å². The second kappa shape index (κ2) is 10.2. The first-order valence-corrected chi connectivity index (χ1v) is 13.2. The van der Waals surface area contributed by atoms with Gasteiger partial charge in [0.2, 0.25) is 0 Å². The molecule has 0 aromatic heterocycles. The molecule has 0 aromatic rings. The Morgan fingerprint density at radius 3 is 1.85 bits per heavy atom. The Balaban J connectivity index is 1.39. The van der Waals surface area contributed by atoms with Crippen molar-refractivity contribution in [2.24, 2.45) is 0 Å². The maximum Gasteiger partial charge on any atom is 0.402 e. The van der Waals surface area contributed by atoms with Gasteiger partial charge in [-0.3, -0.25) is 4.55 Å². The monoisotopic (exact) mass is 514 g/mol. The van der Waals surface area contributed by atoms with E-state index in [0.717, 1.165) is 64.2 Å². The van der Waals surface area contributed by atoms with Crippen molar-refractivity contribution in [1.82, 2.24) is 0 Å². The van der Waals surface area contributed by atoms with Gasteiger partial charge in [0, 0.05) is 25.7 Å². The molecule has 4 fully saturated rings. The Kier molecular flexibility index (Phi) is 7.83. The van der Waals surface area contributed by atoms with Crippen LogP contribution >= 0.6 is 0 Å². The summed E-state index contributed by atoms with van der Waals surface area (Å²) in [6.07, 6.45) is 7.12. The molecule has 196 valence electrons. The van der Waals surface area contributed by atoms with E-state index in [4.69, 9.17) is 28.2 Å². The van der Waals surface area contributed by atoms with Gasteiger partial charge in [0.25, 0.3) is 0 Å². The van der Waals surface area contributed by atoms with Crippen molar-refractivity contribution in [1.29, 1.82) is 0 Å². The van der Waals surface area contributed by atoms with Gasteiger partial charge in [0.15, 0.2) is 18.2 Å². The van der Waals surface area contributed by atoms with E-state index in [0.29, 0.717) is 0 Å². The minimum absolute atomic E-state index is 0.216. The van der Waals surface area contributed by atoms with Crippen molar-refractivity contribution < 1.29 is 55.0 Å². The molecular formula is C21H32F2O10S. The largest absolute Gasteiger partial charge is 0.456 e. The van der Waals surface area contributed by atoms with Crippen LogP contribution in [0, 0.1) is 0 Å². The molecule has 4 rings (SSSR count). The van der Waals surface area contributed by atoms with Crippen molar-refractivity contribution in [3.63, 3.8) is 0 Å². The smallest absolute Gasteiger partial charge is 0.402 e. The van der Waals surface area contributed by atoms with E-state index >= 15 is 0 Å². The fraction of sp³-hybridized carbons (Fsp3) is 0.952. The number of rotatable bonds is 8. The Hall–Kier alpha value is -0.960. The SMILES string of the molecule is O=C(COC(C1COC2(CCCCC2)O1)C1COC2(CCCCC2)O1)OCC(F)(F)S(=O)(=O)O. The van der Waals surface area contributed by atoms with Gasteiger partial charge in [-0.2, -0.15) is 17.2 Å². The third kappa shape index (κ3) is 5.88. The summed E-state index contributed by atoms with van der Waals surface area (Å²) in [5.74, 6) is -2.62. The minimum Gasteiger partial charge on any atom is -0.456 e. The van der Waals surface area contributed by atoms with Crippen LogP contribution < -0.4 is 0 Å². The second-order valence-corrected chi connectivity index (χ2v) is 11.0. The summed E-state index contributed by atoms with van der Waals surface area (Å²) in [4.78, 5) is 12.0. The van der Waals surface area contributed by atoms with Gasteiger partial charge >= 0.3 is 21.3 Å². The Labute approximate surface area is 197 Å². The number of carbonyl (C=O) groups excluding carboxylic acids is 1. The fourth-order valence-electron chi connectivity index (χ4n) is 5.08. The Morgan fingerprint density at radius 1 is 0.941 bits per heavy atom. The molecule has 2 aliphatic heterocycles. The van der Waals surface area contributed by atoms with Crippen LogP contribution in [0.4, 0.5) is 8.78 Å². The van der Waals surface area contributed by atoms with Gasteiger partial charge in [-0.25, -0.2) is 4.79 Å². The van der Waals surface area contributed by atoms with Crippen LogP contribution in [-0.2, 0) is 43.3 Å². The number of halogens is 2. The van der Waals surface area contributed by atoms with Crippen molar-refractivity contribution in [3.05, 3.63) is 0 Å². The zero-order valence-electron chi connectivity index (χ0n) is 18.9. The van der Waals surface area contributed by atoms with Crippen LogP contribution in [0.25, 0.3) is 0 Å². The molecule has 2 saturated carbocycles. The third-order valence-electron chi connectivity index (χ3n) is 6.89. The molecule has 0 bridgehead atoms. The Morgan fingerprint density at radius 2 is 1.41 bits per heavy atom. The van der Waals surface area contributed by atoms with Crippen LogP contribution in [-0.4, -0.2) is 80.5 Å². The molecule has 1 N–H and O–H groups in total. The molecular weight excluding hydrogens is 482 g/mol. The predicted octanol–water partition coefficient (Wildman–Crippen LogP) is 2.55. The number of alkyl halides is 2. The van der Waals surface area contributed by atoms with Gasteiger partial charge in [-0.1, -0.05) is 12.8 Å². The number of esters is 1. The van der Waals surface area contributed by atoms with E-state index < -0.39 is 64.4 Å². The zero-order chi connectivity index (χ0) is 24.5. The molecule has 4 aliphatic rings. The molecule has 34 heavy (non-hydrogen) atoms. The third-order valence-corrected chi connectivity index (χ3v) is 7.76. The van der Waals surface area contributed by atoms with Gasteiger partial charge < -0.3 is 28.4 Å². The van der Waals surface area contributed by atoms with E-state index in [-0.39, 0.29) is 13.2 Å². The summed E-state index contributed by atoms with van der Waals surface area (Å²) >= 11 is 0. The van der Waals surface area contributed by atoms with Crippen molar-refractivity contribution in [2.75, 3.05) is 26.4 Å². The molecule has 0 aromatic carbocycles. The van der Waals surface area contributed by atoms with E-state index in [1.165, 1.54) is 0 Å². The fourth-order valence-corrected chi connectivity index (χ4v) is 5.29. The van der Waals surface area contributed by atoms with Crippen molar-refractivity contribution >= 4 is 16.1 Å². The van der Waals surface area contributed by atoms with E-state index in [2.05, 4.69) is 4.74 Å². The van der Waals surface area contributed by atoms with Crippen molar-refractivity contribution in [3.8, 4) is 0 Å². The van der Waals surface area contributed by atoms with Crippen LogP contribution in [0.15, 0.2) is 0 Å². The summed E-state index contributed by atoms with van der Waals surface area (Å²) in [6, 6.07) is 0. The van der Waals surface area contributed by atoms with Gasteiger partial charge in [0.1, 0.15) is 24.9 Å². The first-order valence-electron chi connectivity index (χ1n) is 11.8. The van der Waals surface area contributed by atoms with Crippen LogP contribution in [0.1, 0.15) is 64.2 Å². The molecule has 0 radical (unpaired) electrons. The summed E-state index contributed by atoms with van der Waals surface area (Å²) in [6.45, 7) is -2.14. The minimum atomic E-state index is -5.71. The molecule has 2 unspecified atom stereocenters. The molecule has 2 heterocycles. The van der Waals surface area contributed by atoms with Crippen LogP contribution in [0.2, 0.25) is 0 Å². The van der Waals surface area contributed by atoms with Crippen molar-refractivity contribution in [2.45, 2.75) is 99.3 Å². The highest BCUT2D eigenvalue weighted by Gasteiger charge is 2.52. The Bertz CT molecular complexity index is 787. The molecule has 2 atom stereocenters. The first kappa shape index (κ1) is 26.1. The van der Waals surface area contributed by atoms with Gasteiger partial charge in [-0.15, -0.1) is 0 Å². The van der Waals surface area contributed by atoms with Gasteiger partial charge in [0.05, 0.1) is 13.2 Å². The maximum atomic E-state index is 13.4. The maximum absolute atomic E-state index is 13.4. The van der Waals surface area contributed by atoms with Crippen LogP contribution in [0.3, 0.4) is 0 Å². The normalized spacial score (nSPS) is 30.0. The average Bonchev–Trinajstić information content (AvgIpc) is 3.38. The van der Waals surface area contributed by atoms with E-state index in [1.54, 1.807) is 0 Å². The average molecular weight is 515 g/mol. The second-order valence-electron chi connectivity index (χ2n) is 9.43. The molecule has 10 nitrogen and oxygen atoms in total. The molecule has 2 spiro atoms. The van der Waals surface area contributed by atoms with E-state index in [1.807, 2.05) is 0 Å². The topological polar surface area (TPSA) is 127 Å². The number of hydrogen-bond donors (Lipinski definition) is 1. The number of carbonyl (C=O) groups is 1. The zero-order valence-corrected chi connectivity index (χ0v) is 19.7. The lowest BCUT2D eigenvalue weighted by Crippen LogP contribution is -2.46. The highest BCUT2D eigenvalue weighted by atomic mass is 32.2. The highest BCUT2D eigenvalue weighted by Crippen LogP contribution is 2.43. The standard InChI is InChI=1S/C21H32F2O10S/c22-21(23,34(25,26)27)14-29-17(24)13-28-18(15-11-30-19(32-15)7-3-1-4-8-19)16-12-31-20(33-16)9-5-2-6-10-20/h15-16,18H,1-14H2,(H,25,26,27). The molecule has 13 heteroatoms. The first-order chi connectivity index (χ1) is 16.0. The highest BCUT2D eigenvalue weighted by molar-refractivity contribution is 7.86. The lowest BCUT2D eigenvalue weighted by Gasteiger charge is -2.35. The van der Waals surface area contributed by atoms with Crippen LogP contribution in [0.5, 0.6) is 0 Å². The van der Waals surface area contributed by atoms with Gasteiger partial charge in [-0.05, 0) is 25.7 Å². The predicted molar refractivity (Wildman–Crippen MR) is 110 cm³/mol.